The molecule has 1 aliphatic carbocycles. The Labute approximate surface area is 205 Å². The molecule has 184 valence electrons. The number of hydrogen-bond donors (Lipinski definition) is 3. The molecule has 0 spiro atoms. The van der Waals surface area contributed by atoms with Crippen LogP contribution < -0.4 is 14.8 Å². The lowest BCUT2D eigenvalue weighted by Gasteiger charge is -2.37. The van der Waals surface area contributed by atoms with Crippen LogP contribution in [0.2, 0.25) is 5.02 Å². The fraction of sp³-hybridized carbons (Fsp3) is 0.462. The zero-order valence-electron chi connectivity index (χ0n) is 19.4. The lowest BCUT2D eigenvalue weighted by atomic mass is 9.75. The molecule has 1 saturated carbocycles. The van der Waals surface area contributed by atoms with Crippen LogP contribution in [0.3, 0.4) is 0 Å². The van der Waals surface area contributed by atoms with E-state index in [0.29, 0.717) is 48.3 Å². The number of ether oxygens (including phenoxy) is 2. The van der Waals surface area contributed by atoms with Crippen molar-refractivity contribution in [1.82, 2.24) is 5.32 Å². The van der Waals surface area contributed by atoms with E-state index in [4.69, 9.17) is 26.2 Å². The van der Waals surface area contributed by atoms with Gasteiger partial charge in [-0.15, -0.1) is 0 Å². The fourth-order valence-corrected chi connectivity index (χ4v) is 4.48. The predicted molar refractivity (Wildman–Crippen MR) is 130 cm³/mol. The summed E-state index contributed by atoms with van der Waals surface area (Å²) in [6, 6.07) is 12.2. The number of benzene rings is 2. The highest BCUT2D eigenvalue weighted by molar-refractivity contribution is 6.30. The maximum atomic E-state index is 13.1. The number of nitrogens with one attached hydrogen (secondary N) is 1. The van der Waals surface area contributed by atoms with Crippen molar-refractivity contribution in [2.24, 2.45) is 5.92 Å². The van der Waals surface area contributed by atoms with Crippen molar-refractivity contribution < 1.29 is 29.3 Å². The number of carbonyl (C=O) groups is 2. The number of aliphatic carboxylic acids is 1. The minimum absolute atomic E-state index is 0.0803. The number of carboxylic acid groups (broad SMARTS) is 1. The molecule has 0 aliphatic heterocycles. The van der Waals surface area contributed by atoms with Crippen LogP contribution in [-0.4, -0.2) is 47.4 Å². The first kappa shape index (κ1) is 25.8. The summed E-state index contributed by atoms with van der Waals surface area (Å²) in [6.07, 6.45) is 3.97. The first-order chi connectivity index (χ1) is 16.4. The Kier molecular flexibility index (Phi) is 9.19. The Morgan fingerprint density at radius 3 is 2.47 bits per heavy atom. The summed E-state index contributed by atoms with van der Waals surface area (Å²) in [4.78, 5) is 25.1. The molecular weight excluding hydrogens is 458 g/mol. The number of rotatable bonds is 11. The van der Waals surface area contributed by atoms with E-state index >= 15 is 0 Å². The first-order valence-corrected chi connectivity index (χ1v) is 12.1. The highest BCUT2D eigenvalue weighted by Crippen LogP contribution is 2.35. The molecule has 2 aromatic carbocycles. The number of halogens is 1. The highest BCUT2D eigenvalue weighted by atomic mass is 35.5. The largest absolute Gasteiger partial charge is 0.489 e. The van der Waals surface area contributed by atoms with Crippen molar-refractivity contribution in [2.45, 2.75) is 51.0 Å². The lowest BCUT2D eigenvalue weighted by molar-refractivity contribution is -0.146. The molecule has 1 aliphatic rings. The van der Waals surface area contributed by atoms with Crippen LogP contribution in [0.1, 0.15) is 54.9 Å². The molecule has 0 bridgehead atoms. The Morgan fingerprint density at radius 1 is 1.09 bits per heavy atom. The van der Waals surface area contributed by atoms with Gasteiger partial charge >= 0.3 is 5.97 Å². The van der Waals surface area contributed by atoms with Crippen molar-refractivity contribution >= 4 is 23.5 Å². The second kappa shape index (κ2) is 12.1. The molecule has 3 rings (SSSR count). The number of carbonyl (C=O) groups excluding carboxylic acids is 1. The molecule has 1 amide bonds. The molecule has 2 aromatic rings. The maximum Gasteiger partial charge on any atom is 0.329 e. The molecule has 3 N–H and O–H groups in total. The van der Waals surface area contributed by atoms with Crippen molar-refractivity contribution in [3.05, 3.63) is 58.6 Å². The van der Waals surface area contributed by atoms with E-state index in [1.807, 2.05) is 18.2 Å². The van der Waals surface area contributed by atoms with Crippen molar-refractivity contribution in [3.8, 4) is 11.5 Å². The molecular formula is C26H32ClNO6. The van der Waals surface area contributed by atoms with Crippen LogP contribution in [0.25, 0.3) is 0 Å². The van der Waals surface area contributed by atoms with E-state index in [0.717, 1.165) is 24.8 Å². The zero-order valence-corrected chi connectivity index (χ0v) is 20.1. The maximum absolute atomic E-state index is 13.1. The summed E-state index contributed by atoms with van der Waals surface area (Å²) in [7, 11) is 0. The summed E-state index contributed by atoms with van der Waals surface area (Å²) in [5.74, 6) is -0.232. The van der Waals surface area contributed by atoms with Crippen LogP contribution in [0, 0.1) is 5.92 Å². The fourth-order valence-electron chi connectivity index (χ4n) is 4.27. The topological polar surface area (TPSA) is 105 Å². The second-order valence-corrected chi connectivity index (χ2v) is 9.09. The SMILES string of the molecule is CCC1CCC(NC(=O)c2ccc(OCCO)c(OCCc3cccc(Cl)c3)c2)(C(=O)O)CC1. The third-order valence-corrected chi connectivity index (χ3v) is 6.63. The van der Waals surface area contributed by atoms with Crippen LogP contribution in [0.5, 0.6) is 11.5 Å². The summed E-state index contributed by atoms with van der Waals surface area (Å²) in [5.41, 5.74) is 0.0280. The standard InChI is InChI=1S/C26H32ClNO6/c1-2-18-8-11-26(12-9-18,25(31)32)28-24(30)20-6-7-22(34-15-13-29)23(17-20)33-14-10-19-4-3-5-21(27)16-19/h3-7,16-18,29H,2,8-15H2,1H3,(H,28,30)(H,31,32). The van der Waals surface area contributed by atoms with Gasteiger partial charge in [0.2, 0.25) is 0 Å². The van der Waals surface area contributed by atoms with E-state index in [-0.39, 0.29) is 18.8 Å². The van der Waals surface area contributed by atoms with Crippen LogP contribution in [0.4, 0.5) is 0 Å². The van der Waals surface area contributed by atoms with Crippen LogP contribution >= 0.6 is 11.6 Å². The minimum Gasteiger partial charge on any atom is -0.489 e. The predicted octanol–water partition coefficient (Wildman–Crippen LogP) is 4.49. The van der Waals surface area contributed by atoms with Gasteiger partial charge in [-0.2, -0.15) is 0 Å². The third kappa shape index (κ3) is 6.64. The second-order valence-electron chi connectivity index (χ2n) is 8.65. The minimum atomic E-state index is -1.26. The molecule has 0 aromatic heterocycles. The lowest BCUT2D eigenvalue weighted by Crippen LogP contribution is -2.56. The Balaban J connectivity index is 1.74. The van der Waals surface area contributed by atoms with Crippen molar-refractivity contribution in [2.75, 3.05) is 19.8 Å². The van der Waals surface area contributed by atoms with Crippen molar-refractivity contribution in [1.29, 1.82) is 0 Å². The Morgan fingerprint density at radius 2 is 1.82 bits per heavy atom. The third-order valence-electron chi connectivity index (χ3n) is 6.39. The van der Waals surface area contributed by atoms with Gasteiger partial charge in [0.15, 0.2) is 11.5 Å². The molecule has 34 heavy (non-hydrogen) atoms. The van der Waals surface area contributed by atoms with E-state index in [1.54, 1.807) is 24.3 Å². The zero-order chi connectivity index (χ0) is 24.6. The molecule has 0 radical (unpaired) electrons. The normalized spacial score (nSPS) is 19.9. The smallest absolute Gasteiger partial charge is 0.329 e. The molecule has 0 atom stereocenters. The average Bonchev–Trinajstić information content (AvgIpc) is 2.83. The van der Waals surface area contributed by atoms with E-state index < -0.39 is 17.4 Å². The number of hydrogen-bond acceptors (Lipinski definition) is 5. The number of aliphatic hydroxyl groups excluding tert-OH is 1. The first-order valence-electron chi connectivity index (χ1n) is 11.7. The van der Waals surface area contributed by atoms with Gasteiger partial charge in [0.05, 0.1) is 13.2 Å². The van der Waals surface area contributed by atoms with Gasteiger partial charge < -0.3 is 25.0 Å². The van der Waals surface area contributed by atoms with E-state index in [9.17, 15) is 14.7 Å². The van der Waals surface area contributed by atoms with Gasteiger partial charge in [-0.1, -0.05) is 37.1 Å². The van der Waals surface area contributed by atoms with Gasteiger partial charge in [-0.25, -0.2) is 4.79 Å². The Bertz CT molecular complexity index is 987. The number of carboxylic acids is 1. The molecule has 8 heteroatoms. The van der Waals surface area contributed by atoms with Crippen molar-refractivity contribution in [3.63, 3.8) is 0 Å². The number of amides is 1. The van der Waals surface area contributed by atoms with Gasteiger partial charge in [-0.3, -0.25) is 4.79 Å². The van der Waals surface area contributed by atoms with Crippen LogP contribution in [0.15, 0.2) is 42.5 Å². The molecule has 7 nitrogen and oxygen atoms in total. The van der Waals surface area contributed by atoms with Gasteiger partial charge in [0.1, 0.15) is 12.1 Å². The molecule has 0 saturated heterocycles. The molecule has 0 unspecified atom stereocenters. The van der Waals surface area contributed by atoms with Gasteiger partial charge in [0, 0.05) is 17.0 Å². The Hall–Kier alpha value is -2.77. The van der Waals surface area contributed by atoms with E-state index in [2.05, 4.69) is 12.2 Å². The van der Waals surface area contributed by atoms with Gasteiger partial charge in [-0.05, 0) is 67.5 Å². The summed E-state index contributed by atoms with van der Waals surface area (Å²) in [6.45, 7) is 2.34. The summed E-state index contributed by atoms with van der Waals surface area (Å²) >= 11 is 6.04. The molecule has 1 fully saturated rings. The monoisotopic (exact) mass is 489 g/mol. The average molecular weight is 490 g/mol. The van der Waals surface area contributed by atoms with Gasteiger partial charge in [0.25, 0.3) is 5.91 Å². The highest BCUT2D eigenvalue weighted by Gasteiger charge is 2.43. The number of aliphatic hydroxyl groups is 1. The summed E-state index contributed by atoms with van der Waals surface area (Å²) in [5, 5.41) is 22.4. The molecule has 0 heterocycles. The van der Waals surface area contributed by atoms with Crippen LogP contribution in [-0.2, 0) is 11.2 Å². The van der Waals surface area contributed by atoms with E-state index in [1.165, 1.54) is 0 Å². The quantitative estimate of drug-likeness (QED) is 0.429. The summed E-state index contributed by atoms with van der Waals surface area (Å²) < 4.78 is 11.5.